The standard InChI is InChI=1S/C12H23N3O3/c13-8-4-3-6-10(14)12(17)18-15-9-5-1-2-7-11(15)16/h10H,1-9,13-14H2/t10-/m0/s1. The molecule has 6 heteroatoms. The van der Waals surface area contributed by atoms with Crippen molar-refractivity contribution in [1.29, 1.82) is 0 Å². The zero-order valence-electron chi connectivity index (χ0n) is 10.8. The number of rotatable bonds is 6. The molecule has 0 spiro atoms. The van der Waals surface area contributed by atoms with E-state index in [1.165, 1.54) is 0 Å². The van der Waals surface area contributed by atoms with E-state index in [4.69, 9.17) is 16.3 Å². The van der Waals surface area contributed by atoms with E-state index < -0.39 is 12.0 Å². The maximum Gasteiger partial charge on any atom is 0.349 e. The van der Waals surface area contributed by atoms with Crippen LogP contribution in [0.25, 0.3) is 0 Å². The summed E-state index contributed by atoms with van der Waals surface area (Å²) in [7, 11) is 0. The van der Waals surface area contributed by atoms with Crippen LogP contribution in [0.4, 0.5) is 0 Å². The van der Waals surface area contributed by atoms with Crippen molar-refractivity contribution in [3.63, 3.8) is 0 Å². The third-order valence-corrected chi connectivity index (χ3v) is 3.00. The number of carbonyl (C=O) groups excluding carboxylic acids is 2. The van der Waals surface area contributed by atoms with Gasteiger partial charge in [-0.1, -0.05) is 12.8 Å². The van der Waals surface area contributed by atoms with E-state index in [-0.39, 0.29) is 5.91 Å². The van der Waals surface area contributed by atoms with Gasteiger partial charge in [0.15, 0.2) is 0 Å². The second kappa shape index (κ2) is 8.05. The summed E-state index contributed by atoms with van der Waals surface area (Å²) >= 11 is 0. The molecular weight excluding hydrogens is 234 g/mol. The number of nitrogens with zero attached hydrogens (tertiary/aromatic N) is 1. The molecular formula is C12H23N3O3. The molecule has 1 atom stereocenters. The Bertz CT molecular complexity index is 284. The van der Waals surface area contributed by atoms with E-state index >= 15 is 0 Å². The smallest absolute Gasteiger partial charge is 0.336 e. The zero-order valence-corrected chi connectivity index (χ0v) is 10.8. The summed E-state index contributed by atoms with van der Waals surface area (Å²) in [5.74, 6) is -0.655. The van der Waals surface area contributed by atoms with Crippen LogP contribution in [-0.4, -0.2) is 36.1 Å². The molecule has 18 heavy (non-hydrogen) atoms. The largest absolute Gasteiger partial charge is 0.349 e. The predicted molar refractivity (Wildman–Crippen MR) is 67.2 cm³/mol. The van der Waals surface area contributed by atoms with E-state index in [9.17, 15) is 9.59 Å². The summed E-state index contributed by atoms with van der Waals surface area (Å²) in [5.41, 5.74) is 11.1. The maximum absolute atomic E-state index is 11.7. The molecule has 1 aliphatic heterocycles. The highest BCUT2D eigenvalue weighted by atomic mass is 16.7. The fourth-order valence-electron chi connectivity index (χ4n) is 1.86. The van der Waals surface area contributed by atoms with Crippen LogP contribution >= 0.6 is 0 Å². The Morgan fingerprint density at radius 3 is 2.83 bits per heavy atom. The molecule has 1 rings (SSSR count). The summed E-state index contributed by atoms with van der Waals surface area (Å²) < 4.78 is 0. The first-order valence-corrected chi connectivity index (χ1v) is 6.63. The highest BCUT2D eigenvalue weighted by molar-refractivity contribution is 5.80. The Kier molecular flexibility index (Phi) is 6.67. The normalized spacial score (nSPS) is 18.3. The van der Waals surface area contributed by atoms with E-state index in [1.54, 1.807) is 0 Å². The number of nitrogens with two attached hydrogens (primary N) is 2. The Balaban J connectivity index is 2.35. The van der Waals surface area contributed by atoms with Crippen molar-refractivity contribution >= 4 is 11.9 Å². The lowest BCUT2D eigenvalue weighted by Crippen LogP contribution is -2.40. The molecule has 104 valence electrons. The first kappa shape index (κ1) is 14.9. The van der Waals surface area contributed by atoms with Crippen molar-refractivity contribution in [1.82, 2.24) is 5.06 Å². The molecule has 0 bridgehead atoms. The van der Waals surface area contributed by atoms with E-state index in [2.05, 4.69) is 0 Å². The minimum atomic E-state index is -0.674. The predicted octanol–water partition coefficient (Wildman–Crippen LogP) is 0.304. The molecule has 0 unspecified atom stereocenters. The minimum Gasteiger partial charge on any atom is -0.336 e. The number of carbonyl (C=O) groups is 2. The van der Waals surface area contributed by atoms with Crippen molar-refractivity contribution in [2.24, 2.45) is 11.5 Å². The first-order valence-electron chi connectivity index (χ1n) is 6.63. The molecule has 0 aliphatic carbocycles. The van der Waals surface area contributed by atoms with Crippen LogP contribution in [0, 0.1) is 0 Å². The molecule has 0 aromatic carbocycles. The second-order valence-corrected chi connectivity index (χ2v) is 4.61. The van der Waals surface area contributed by atoms with Gasteiger partial charge in [-0.05, 0) is 32.2 Å². The third kappa shape index (κ3) is 5.01. The summed E-state index contributed by atoms with van der Waals surface area (Å²) in [6.45, 7) is 1.06. The summed E-state index contributed by atoms with van der Waals surface area (Å²) in [4.78, 5) is 28.4. The van der Waals surface area contributed by atoms with Gasteiger partial charge in [-0.3, -0.25) is 4.79 Å². The number of amides is 1. The van der Waals surface area contributed by atoms with Gasteiger partial charge < -0.3 is 16.3 Å². The number of hydrogen-bond donors (Lipinski definition) is 2. The van der Waals surface area contributed by atoms with Gasteiger partial charge in [-0.15, -0.1) is 0 Å². The highest BCUT2D eigenvalue weighted by Crippen LogP contribution is 2.12. The van der Waals surface area contributed by atoms with Gasteiger partial charge in [0.1, 0.15) is 6.04 Å². The summed E-state index contributed by atoms with van der Waals surface area (Å²) in [6.07, 6.45) is 5.32. The molecule has 1 amide bonds. The van der Waals surface area contributed by atoms with E-state index in [0.29, 0.717) is 25.9 Å². The van der Waals surface area contributed by atoms with Crippen LogP contribution in [0.15, 0.2) is 0 Å². The first-order chi connectivity index (χ1) is 8.65. The van der Waals surface area contributed by atoms with Crippen molar-refractivity contribution in [2.75, 3.05) is 13.1 Å². The Hall–Kier alpha value is -1.14. The Labute approximate surface area is 108 Å². The molecule has 1 aliphatic rings. The fourth-order valence-corrected chi connectivity index (χ4v) is 1.86. The van der Waals surface area contributed by atoms with Crippen LogP contribution < -0.4 is 11.5 Å². The number of hydrogen-bond acceptors (Lipinski definition) is 5. The number of hydroxylamine groups is 2. The summed E-state index contributed by atoms with van der Waals surface area (Å²) in [6, 6.07) is -0.674. The molecule has 0 aromatic rings. The van der Waals surface area contributed by atoms with Crippen LogP contribution in [0.5, 0.6) is 0 Å². The fraction of sp³-hybridized carbons (Fsp3) is 0.833. The van der Waals surface area contributed by atoms with E-state index in [0.717, 1.165) is 37.2 Å². The average molecular weight is 257 g/mol. The number of unbranched alkanes of at least 4 members (excludes halogenated alkanes) is 1. The highest BCUT2D eigenvalue weighted by Gasteiger charge is 2.23. The van der Waals surface area contributed by atoms with Gasteiger partial charge >= 0.3 is 5.97 Å². The van der Waals surface area contributed by atoms with Crippen molar-refractivity contribution in [3.8, 4) is 0 Å². The molecule has 4 N–H and O–H groups in total. The van der Waals surface area contributed by atoms with Crippen molar-refractivity contribution < 1.29 is 14.4 Å². The SMILES string of the molecule is NCCCC[C@H](N)C(=O)ON1CCCCCC1=O. The van der Waals surface area contributed by atoms with Crippen LogP contribution in [0.2, 0.25) is 0 Å². The summed E-state index contributed by atoms with van der Waals surface area (Å²) in [5, 5.41) is 1.16. The van der Waals surface area contributed by atoms with E-state index in [1.807, 2.05) is 0 Å². The molecule has 0 aromatic heterocycles. The maximum atomic E-state index is 11.7. The molecule has 0 saturated carbocycles. The lowest BCUT2D eigenvalue weighted by Gasteiger charge is -2.21. The Morgan fingerprint density at radius 1 is 1.33 bits per heavy atom. The molecule has 1 saturated heterocycles. The molecule has 1 heterocycles. The van der Waals surface area contributed by atoms with Crippen LogP contribution in [0.1, 0.15) is 44.9 Å². The molecule has 1 fully saturated rings. The average Bonchev–Trinajstić information content (AvgIpc) is 2.55. The van der Waals surface area contributed by atoms with Crippen LogP contribution in [-0.2, 0) is 14.4 Å². The lowest BCUT2D eigenvalue weighted by atomic mass is 10.1. The van der Waals surface area contributed by atoms with Crippen LogP contribution in [0.3, 0.4) is 0 Å². The monoisotopic (exact) mass is 257 g/mol. The van der Waals surface area contributed by atoms with Crippen molar-refractivity contribution in [2.45, 2.75) is 51.0 Å². The van der Waals surface area contributed by atoms with Gasteiger partial charge in [0.05, 0.1) is 6.54 Å². The zero-order chi connectivity index (χ0) is 13.4. The van der Waals surface area contributed by atoms with Crippen molar-refractivity contribution in [3.05, 3.63) is 0 Å². The lowest BCUT2D eigenvalue weighted by molar-refractivity contribution is -0.198. The minimum absolute atomic E-state index is 0.130. The quantitative estimate of drug-likeness (QED) is 0.667. The van der Waals surface area contributed by atoms with Gasteiger partial charge in [-0.25, -0.2) is 4.79 Å². The molecule has 6 nitrogen and oxygen atoms in total. The topological polar surface area (TPSA) is 98.7 Å². The van der Waals surface area contributed by atoms with Gasteiger partial charge in [0.25, 0.3) is 5.91 Å². The second-order valence-electron chi connectivity index (χ2n) is 4.61. The van der Waals surface area contributed by atoms with Gasteiger partial charge in [-0.2, -0.15) is 5.06 Å². The molecule has 0 radical (unpaired) electrons. The van der Waals surface area contributed by atoms with Gasteiger partial charge in [0.2, 0.25) is 0 Å². The Morgan fingerprint density at radius 2 is 2.11 bits per heavy atom. The third-order valence-electron chi connectivity index (χ3n) is 3.00. The van der Waals surface area contributed by atoms with Gasteiger partial charge in [0, 0.05) is 6.42 Å².